The van der Waals surface area contributed by atoms with E-state index in [1.54, 1.807) is 0 Å². The predicted molar refractivity (Wildman–Crippen MR) is 111 cm³/mol. The van der Waals surface area contributed by atoms with E-state index in [1.165, 1.54) is 49.8 Å². The van der Waals surface area contributed by atoms with E-state index in [2.05, 4.69) is 72.2 Å². The molecule has 0 radical (unpaired) electrons. The molecule has 2 heteroatoms. The highest BCUT2D eigenvalue weighted by Gasteiger charge is 2.37. The fourth-order valence-corrected chi connectivity index (χ4v) is 5.38. The topological polar surface area (TPSA) is 18.1 Å². The zero-order valence-corrected chi connectivity index (χ0v) is 15.0. The highest BCUT2D eigenvalue weighted by atomic mass is 16.3. The molecule has 1 aliphatic carbocycles. The van der Waals surface area contributed by atoms with Gasteiger partial charge in [-0.05, 0) is 43.2 Å². The standard InChI is InChI=1S/C25H17NO/c1-14-12-17-15-6-2-4-8-19(15)26-20-10-11-22-24(23(20)18(13-14)25(17)26)16-7-3-5-9-21(16)27-22/h2-12,18H,13H2,1H3. The Bertz CT molecular complexity index is 1460. The van der Waals surface area contributed by atoms with E-state index in [-0.39, 0.29) is 0 Å². The van der Waals surface area contributed by atoms with E-state index >= 15 is 0 Å². The van der Waals surface area contributed by atoms with Gasteiger partial charge < -0.3 is 8.98 Å². The lowest BCUT2D eigenvalue weighted by molar-refractivity contribution is 0.668. The average molecular weight is 347 g/mol. The maximum Gasteiger partial charge on any atom is 0.135 e. The van der Waals surface area contributed by atoms with Crippen LogP contribution in [0, 0.1) is 0 Å². The summed E-state index contributed by atoms with van der Waals surface area (Å²) in [6.45, 7) is 2.26. The van der Waals surface area contributed by atoms with Crippen molar-refractivity contribution in [2.45, 2.75) is 19.3 Å². The second-order valence-electron chi connectivity index (χ2n) is 7.87. The normalized spacial score (nSPS) is 17.5. The Morgan fingerprint density at radius 1 is 0.889 bits per heavy atom. The summed E-state index contributed by atoms with van der Waals surface area (Å²) in [7, 11) is 0. The molecule has 0 amide bonds. The van der Waals surface area contributed by atoms with Crippen LogP contribution in [0.2, 0.25) is 0 Å². The molecule has 0 saturated carbocycles. The summed E-state index contributed by atoms with van der Waals surface area (Å²) in [4.78, 5) is 0. The van der Waals surface area contributed by atoms with Crippen LogP contribution in [0.3, 0.4) is 0 Å². The molecule has 27 heavy (non-hydrogen) atoms. The molecule has 2 aromatic heterocycles. The van der Waals surface area contributed by atoms with Gasteiger partial charge in [-0.3, -0.25) is 0 Å². The molecular formula is C25H17NO. The molecule has 1 unspecified atom stereocenters. The smallest absolute Gasteiger partial charge is 0.135 e. The molecule has 2 aliphatic rings. The first-order chi connectivity index (χ1) is 13.3. The lowest BCUT2D eigenvalue weighted by Crippen LogP contribution is -2.04. The molecule has 0 fully saturated rings. The van der Waals surface area contributed by atoms with Crippen molar-refractivity contribution in [2.75, 3.05) is 0 Å². The molecule has 3 aromatic carbocycles. The van der Waals surface area contributed by atoms with Crippen molar-refractivity contribution in [1.82, 2.24) is 4.57 Å². The van der Waals surface area contributed by atoms with Crippen LogP contribution < -0.4 is 0 Å². The van der Waals surface area contributed by atoms with Crippen molar-refractivity contribution in [3.05, 3.63) is 83.1 Å². The lowest BCUT2D eigenvalue weighted by Gasteiger charge is -2.19. The largest absolute Gasteiger partial charge is 0.456 e. The van der Waals surface area contributed by atoms with Gasteiger partial charge in [0.1, 0.15) is 11.2 Å². The average Bonchev–Trinajstić information content (AvgIpc) is 3.32. The molecule has 2 nitrogen and oxygen atoms in total. The van der Waals surface area contributed by atoms with Crippen molar-refractivity contribution >= 4 is 38.9 Å². The molecule has 7 rings (SSSR count). The maximum atomic E-state index is 6.18. The SMILES string of the molecule is CC1=Cc2c3n(c4ccccc24)-c2ccc4oc5ccccc5c4c2C3C1. The minimum Gasteiger partial charge on any atom is -0.456 e. The first-order valence-corrected chi connectivity index (χ1v) is 9.56. The van der Waals surface area contributed by atoms with Gasteiger partial charge in [0, 0.05) is 33.3 Å². The number of para-hydroxylation sites is 2. The zero-order valence-electron chi connectivity index (χ0n) is 15.0. The monoisotopic (exact) mass is 347 g/mol. The van der Waals surface area contributed by atoms with Crippen molar-refractivity contribution in [3.8, 4) is 5.69 Å². The van der Waals surface area contributed by atoms with E-state index in [4.69, 9.17) is 4.42 Å². The van der Waals surface area contributed by atoms with Crippen LogP contribution in [0.4, 0.5) is 0 Å². The Kier molecular flexibility index (Phi) is 2.33. The fraction of sp³-hybridized carbons (Fsp3) is 0.120. The van der Waals surface area contributed by atoms with Gasteiger partial charge in [-0.2, -0.15) is 0 Å². The van der Waals surface area contributed by atoms with Gasteiger partial charge in [0.15, 0.2) is 0 Å². The van der Waals surface area contributed by atoms with Gasteiger partial charge >= 0.3 is 0 Å². The van der Waals surface area contributed by atoms with Crippen molar-refractivity contribution in [1.29, 1.82) is 0 Å². The van der Waals surface area contributed by atoms with Gasteiger partial charge in [-0.25, -0.2) is 0 Å². The van der Waals surface area contributed by atoms with Crippen LogP contribution in [0.1, 0.15) is 36.1 Å². The molecule has 0 spiro atoms. The molecule has 1 atom stereocenters. The van der Waals surface area contributed by atoms with Gasteiger partial charge in [0.05, 0.1) is 11.2 Å². The zero-order chi connectivity index (χ0) is 17.7. The second-order valence-corrected chi connectivity index (χ2v) is 7.87. The summed E-state index contributed by atoms with van der Waals surface area (Å²) < 4.78 is 8.68. The van der Waals surface area contributed by atoms with E-state index < -0.39 is 0 Å². The molecule has 5 aromatic rings. The fourth-order valence-electron chi connectivity index (χ4n) is 5.38. The third-order valence-electron chi connectivity index (χ3n) is 6.35. The predicted octanol–water partition coefficient (Wildman–Crippen LogP) is 6.78. The van der Waals surface area contributed by atoms with Crippen LogP contribution in [-0.2, 0) is 0 Å². The van der Waals surface area contributed by atoms with Crippen LogP contribution in [-0.4, -0.2) is 4.57 Å². The Balaban J connectivity index is 1.72. The first-order valence-electron chi connectivity index (χ1n) is 9.56. The van der Waals surface area contributed by atoms with Crippen LogP contribution in [0.15, 0.2) is 70.7 Å². The van der Waals surface area contributed by atoms with Crippen LogP contribution >= 0.6 is 0 Å². The number of fused-ring (bicyclic) bond motifs is 10. The summed E-state index contributed by atoms with van der Waals surface area (Å²) in [5.41, 5.74) is 10.3. The molecule has 0 bridgehead atoms. The Labute approximate surface area is 156 Å². The Morgan fingerprint density at radius 3 is 2.63 bits per heavy atom. The van der Waals surface area contributed by atoms with Crippen molar-refractivity contribution < 1.29 is 4.42 Å². The van der Waals surface area contributed by atoms with Crippen molar-refractivity contribution in [3.63, 3.8) is 0 Å². The van der Waals surface area contributed by atoms with Gasteiger partial charge in [0.25, 0.3) is 0 Å². The van der Waals surface area contributed by atoms with E-state index in [9.17, 15) is 0 Å². The molecule has 0 saturated heterocycles. The summed E-state index contributed by atoms with van der Waals surface area (Å²) in [6, 6.07) is 21.6. The molecule has 0 N–H and O–H groups in total. The number of hydrogen-bond donors (Lipinski definition) is 0. The number of nitrogens with zero attached hydrogens (tertiary/aromatic N) is 1. The first kappa shape index (κ1) is 13.9. The Morgan fingerprint density at radius 2 is 1.70 bits per heavy atom. The molecular weight excluding hydrogens is 330 g/mol. The summed E-state index contributed by atoms with van der Waals surface area (Å²) >= 11 is 0. The number of allylic oxidation sites excluding steroid dienone is 1. The van der Waals surface area contributed by atoms with Gasteiger partial charge in [-0.1, -0.05) is 48.0 Å². The van der Waals surface area contributed by atoms with Crippen LogP contribution in [0.25, 0.3) is 44.6 Å². The number of hydrogen-bond acceptors (Lipinski definition) is 1. The third-order valence-corrected chi connectivity index (χ3v) is 6.35. The third kappa shape index (κ3) is 1.54. The highest BCUT2D eigenvalue weighted by molar-refractivity contribution is 6.10. The molecule has 3 heterocycles. The number of aromatic nitrogens is 1. The van der Waals surface area contributed by atoms with Gasteiger partial charge in [0.2, 0.25) is 0 Å². The summed E-state index contributed by atoms with van der Waals surface area (Å²) in [6.07, 6.45) is 3.47. The maximum absolute atomic E-state index is 6.18. The summed E-state index contributed by atoms with van der Waals surface area (Å²) in [5.74, 6) is 0.400. The van der Waals surface area contributed by atoms with E-state index in [0.29, 0.717) is 5.92 Å². The molecule has 128 valence electrons. The number of furan rings is 1. The second kappa shape index (κ2) is 4.52. The number of rotatable bonds is 0. The van der Waals surface area contributed by atoms with E-state index in [0.717, 1.165) is 17.6 Å². The Hall–Kier alpha value is -3.26. The summed E-state index contributed by atoms with van der Waals surface area (Å²) in [5, 5.41) is 3.88. The van der Waals surface area contributed by atoms with Crippen molar-refractivity contribution in [2.24, 2.45) is 0 Å². The van der Waals surface area contributed by atoms with Gasteiger partial charge in [-0.15, -0.1) is 0 Å². The highest BCUT2D eigenvalue weighted by Crippen LogP contribution is 2.53. The molecule has 1 aliphatic heterocycles. The lowest BCUT2D eigenvalue weighted by atomic mass is 9.82. The van der Waals surface area contributed by atoms with Crippen LogP contribution in [0.5, 0.6) is 0 Å². The van der Waals surface area contributed by atoms with E-state index in [1.807, 2.05) is 6.07 Å². The minimum absolute atomic E-state index is 0.400. The quantitative estimate of drug-likeness (QED) is 0.302. The minimum atomic E-state index is 0.400. The number of benzene rings is 3.